The molecule has 5 rings (SSSR count). The van der Waals surface area contributed by atoms with E-state index in [4.69, 9.17) is 10.8 Å². The minimum Gasteiger partial charge on any atom is -0.508 e. The fourth-order valence-corrected chi connectivity index (χ4v) is 5.25. The molecule has 5 aromatic rings. The highest BCUT2D eigenvalue weighted by Crippen LogP contribution is 2.28. The Hall–Kier alpha value is -4.98. The molecule has 0 aliphatic heterocycles. The molecule has 2 aromatic heterocycles. The van der Waals surface area contributed by atoms with E-state index in [0.717, 1.165) is 51.9 Å². The van der Waals surface area contributed by atoms with Gasteiger partial charge in [0.15, 0.2) is 0 Å². The first-order chi connectivity index (χ1) is 21.1. The summed E-state index contributed by atoms with van der Waals surface area (Å²) in [6, 6.07) is 26.5. The van der Waals surface area contributed by atoms with Crippen LogP contribution >= 0.6 is 0 Å². The van der Waals surface area contributed by atoms with Crippen LogP contribution in [0.25, 0.3) is 27.8 Å². The number of nitrogens with two attached hydrogens (primary N) is 1. The van der Waals surface area contributed by atoms with Gasteiger partial charge in [0.25, 0.3) is 0 Å². The average molecular weight is 590 g/mol. The van der Waals surface area contributed by atoms with Gasteiger partial charge in [0.05, 0.1) is 16.9 Å². The first-order valence-corrected chi connectivity index (χ1v) is 15.0. The summed E-state index contributed by atoms with van der Waals surface area (Å²) in [5, 5.41) is 18.3. The summed E-state index contributed by atoms with van der Waals surface area (Å²) in [5.74, 6) is -0.674. The first-order valence-electron chi connectivity index (χ1n) is 15.0. The lowest BCUT2D eigenvalue weighted by molar-refractivity contribution is -0.127. The summed E-state index contributed by atoms with van der Waals surface area (Å²) >= 11 is 0. The van der Waals surface area contributed by atoms with Crippen molar-refractivity contribution in [2.45, 2.75) is 64.3 Å². The number of benzene rings is 3. The van der Waals surface area contributed by atoms with Gasteiger partial charge in [-0.25, -0.2) is 4.68 Å². The molecular formula is C36H39N5O3. The number of aromatic hydroxyl groups is 1. The molecule has 44 heavy (non-hydrogen) atoms. The molecule has 0 unspecified atom stereocenters. The fourth-order valence-electron chi connectivity index (χ4n) is 5.25. The quantitative estimate of drug-likeness (QED) is 0.163. The van der Waals surface area contributed by atoms with Crippen molar-refractivity contribution in [1.29, 1.82) is 0 Å². The van der Waals surface area contributed by atoms with Crippen molar-refractivity contribution in [3.05, 3.63) is 108 Å². The maximum absolute atomic E-state index is 12.7. The molecule has 0 radical (unpaired) electrons. The van der Waals surface area contributed by atoms with E-state index in [-0.39, 0.29) is 29.9 Å². The second kappa shape index (κ2) is 13.1. The third-order valence-corrected chi connectivity index (χ3v) is 7.80. The number of primary amides is 1. The molecule has 0 spiro atoms. The highest BCUT2D eigenvalue weighted by Gasteiger charge is 2.19. The van der Waals surface area contributed by atoms with Gasteiger partial charge in [-0.3, -0.25) is 14.6 Å². The summed E-state index contributed by atoms with van der Waals surface area (Å²) in [7, 11) is 0. The zero-order valence-corrected chi connectivity index (χ0v) is 25.5. The number of hydrogen-bond donors (Lipinski definition) is 3. The van der Waals surface area contributed by atoms with E-state index >= 15 is 0 Å². The number of aryl methyl sites for hydroxylation is 1. The number of carbonyl (C=O) groups excluding carboxylic acids is 2. The van der Waals surface area contributed by atoms with Gasteiger partial charge in [-0.05, 0) is 84.3 Å². The van der Waals surface area contributed by atoms with Gasteiger partial charge in [-0.1, -0.05) is 57.2 Å². The average Bonchev–Trinajstić information content (AvgIpc) is 3.43. The lowest BCUT2D eigenvalue weighted by Crippen LogP contribution is -2.45. The molecule has 226 valence electrons. The van der Waals surface area contributed by atoms with Crippen molar-refractivity contribution in [2.24, 2.45) is 5.73 Å². The minimum atomic E-state index is -0.816. The van der Waals surface area contributed by atoms with Crippen LogP contribution in [0.1, 0.15) is 56.9 Å². The summed E-state index contributed by atoms with van der Waals surface area (Å²) in [5.41, 5.74) is 12.5. The van der Waals surface area contributed by atoms with Crippen LogP contribution in [0.2, 0.25) is 0 Å². The third-order valence-electron chi connectivity index (χ3n) is 7.80. The molecule has 4 N–H and O–H groups in total. The molecule has 0 bridgehead atoms. The summed E-state index contributed by atoms with van der Waals surface area (Å²) in [6.07, 6.45) is 4.46. The zero-order valence-electron chi connectivity index (χ0n) is 25.5. The number of rotatable bonds is 11. The van der Waals surface area contributed by atoms with Gasteiger partial charge < -0.3 is 16.2 Å². The van der Waals surface area contributed by atoms with Gasteiger partial charge >= 0.3 is 0 Å². The van der Waals surface area contributed by atoms with E-state index in [9.17, 15) is 14.7 Å². The number of phenolic OH excluding ortho intramolecular Hbond substituents is 1. The Labute approximate surface area is 257 Å². The smallest absolute Gasteiger partial charge is 0.240 e. The van der Waals surface area contributed by atoms with Crippen LogP contribution in [-0.4, -0.2) is 37.7 Å². The van der Waals surface area contributed by atoms with E-state index < -0.39 is 11.9 Å². The van der Waals surface area contributed by atoms with E-state index in [1.165, 1.54) is 5.56 Å². The molecule has 2 amide bonds. The Morgan fingerprint density at radius 3 is 2.41 bits per heavy atom. The second-order valence-corrected chi connectivity index (χ2v) is 12.2. The number of aromatic nitrogens is 3. The highest BCUT2D eigenvalue weighted by molar-refractivity contribution is 5.87. The Kier molecular flexibility index (Phi) is 9.09. The number of unbranched alkanes of at least 4 members (excludes halogenated alkanes) is 1. The molecule has 0 fully saturated rings. The second-order valence-electron chi connectivity index (χ2n) is 12.2. The minimum absolute atomic E-state index is 0.0495. The summed E-state index contributed by atoms with van der Waals surface area (Å²) in [6.45, 7) is 6.59. The van der Waals surface area contributed by atoms with Crippen LogP contribution in [0.15, 0.2) is 91.1 Å². The van der Waals surface area contributed by atoms with E-state index in [1.807, 2.05) is 28.9 Å². The van der Waals surface area contributed by atoms with Gasteiger partial charge in [0.1, 0.15) is 11.8 Å². The fraction of sp³-hybridized carbons (Fsp3) is 0.278. The monoisotopic (exact) mass is 589 g/mol. The van der Waals surface area contributed by atoms with E-state index in [0.29, 0.717) is 6.42 Å². The van der Waals surface area contributed by atoms with Crippen LogP contribution < -0.4 is 11.1 Å². The van der Waals surface area contributed by atoms with Crippen molar-refractivity contribution >= 4 is 22.7 Å². The Bertz CT molecular complexity index is 1750. The predicted octanol–water partition coefficient (Wildman–Crippen LogP) is 6.02. The Balaban J connectivity index is 1.28. The van der Waals surface area contributed by atoms with Gasteiger partial charge in [0.2, 0.25) is 11.8 Å². The van der Waals surface area contributed by atoms with Gasteiger partial charge in [0, 0.05) is 35.7 Å². The van der Waals surface area contributed by atoms with Crippen LogP contribution in [0, 0.1) is 0 Å². The molecule has 0 saturated carbocycles. The summed E-state index contributed by atoms with van der Waals surface area (Å²) in [4.78, 5) is 29.2. The Morgan fingerprint density at radius 2 is 1.70 bits per heavy atom. The molecule has 0 saturated heterocycles. The number of nitrogens with zero attached hydrogens (tertiary/aromatic N) is 3. The number of hydrogen-bond acceptors (Lipinski definition) is 5. The van der Waals surface area contributed by atoms with E-state index in [2.05, 4.69) is 67.5 Å². The molecule has 0 aliphatic carbocycles. The van der Waals surface area contributed by atoms with E-state index in [1.54, 1.807) is 30.5 Å². The van der Waals surface area contributed by atoms with Crippen molar-refractivity contribution < 1.29 is 14.7 Å². The molecule has 0 aliphatic rings. The van der Waals surface area contributed by atoms with Crippen molar-refractivity contribution in [1.82, 2.24) is 20.1 Å². The van der Waals surface area contributed by atoms with Crippen LogP contribution in [0.5, 0.6) is 5.75 Å². The zero-order chi connectivity index (χ0) is 31.3. The lowest BCUT2D eigenvalue weighted by Gasteiger charge is -2.19. The van der Waals surface area contributed by atoms with Crippen molar-refractivity contribution in [3.8, 4) is 22.7 Å². The number of pyridine rings is 1. The molecule has 8 heteroatoms. The Morgan fingerprint density at radius 1 is 0.955 bits per heavy atom. The molecule has 1 atom stereocenters. The number of amides is 2. The molecular weight excluding hydrogens is 550 g/mol. The van der Waals surface area contributed by atoms with Crippen molar-refractivity contribution in [2.75, 3.05) is 0 Å². The van der Waals surface area contributed by atoms with Crippen LogP contribution in [0.4, 0.5) is 0 Å². The number of fused-ring (bicyclic) bond motifs is 1. The van der Waals surface area contributed by atoms with Gasteiger partial charge in [-0.15, -0.1) is 0 Å². The number of carbonyl (C=O) groups is 2. The highest BCUT2D eigenvalue weighted by atomic mass is 16.3. The normalized spacial score (nSPS) is 12.2. The first kappa shape index (κ1) is 30.5. The molecule has 2 heterocycles. The maximum atomic E-state index is 12.7. The predicted molar refractivity (Wildman–Crippen MR) is 173 cm³/mol. The largest absolute Gasteiger partial charge is 0.508 e. The maximum Gasteiger partial charge on any atom is 0.240 e. The standard InChI is InChI=1S/C36H39N5O3/c1-36(2,3)27-13-15-28(16-14-27)41-29(23-32(40-41)26-12-19-31-25(22-26)7-6-20-38-31)8-4-5-9-34(43)39-33(35(37)44)21-24-10-17-30(42)18-11-24/h6-7,10-20,22-23,33,42H,4-5,8-9,21H2,1-3H3,(H2,37,44)(H,39,43)/t33-/m0/s1. The van der Waals surface area contributed by atoms with Crippen LogP contribution in [-0.2, 0) is 27.8 Å². The van der Waals surface area contributed by atoms with Crippen molar-refractivity contribution in [3.63, 3.8) is 0 Å². The SMILES string of the molecule is CC(C)(C)c1ccc(-n2nc(-c3ccc4ncccc4c3)cc2CCCCC(=O)N[C@@H](Cc2ccc(O)cc2)C(N)=O)cc1. The third kappa shape index (κ3) is 7.50. The topological polar surface area (TPSA) is 123 Å². The summed E-state index contributed by atoms with van der Waals surface area (Å²) < 4.78 is 2.00. The molecule has 3 aromatic carbocycles. The molecule has 8 nitrogen and oxygen atoms in total. The number of nitrogens with one attached hydrogen (secondary N) is 1. The number of phenols is 1. The van der Waals surface area contributed by atoms with Gasteiger partial charge in [-0.2, -0.15) is 5.10 Å². The van der Waals surface area contributed by atoms with Crippen LogP contribution in [0.3, 0.4) is 0 Å². The lowest BCUT2D eigenvalue weighted by atomic mass is 9.87.